The van der Waals surface area contributed by atoms with Crippen LogP contribution in [-0.4, -0.2) is 27.0 Å². The highest BCUT2D eigenvalue weighted by molar-refractivity contribution is 8.00. The fourth-order valence-corrected chi connectivity index (χ4v) is 6.82. The first kappa shape index (κ1) is 30.5. The number of hydrogen-bond donors (Lipinski definition) is 1. The van der Waals surface area contributed by atoms with Gasteiger partial charge in [0.2, 0.25) is 5.13 Å². The Balaban J connectivity index is 1.29. The number of Topliss-reactive ketones (excluding diaryl/α,β-unsaturated/α-hetero) is 1. The number of ether oxygens (including phenoxy) is 1. The number of thioether (sulfide) groups is 1. The van der Waals surface area contributed by atoms with Gasteiger partial charge in [0.05, 0.1) is 11.6 Å². The van der Waals surface area contributed by atoms with E-state index in [1.165, 1.54) is 28.8 Å². The molecule has 4 aromatic carbocycles. The maximum absolute atomic E-state index is 13.5. The van der Waals surface area contributed by atoms with Crippen molar-refractivity contribution in [2.24, 2.45) is 0 Å². The number of anilines is 1. The number of aliphatic hydroxyl groups is 1. The van der Waals surface area contributed by atoms with Crippen LogP contribution in [0.5, 0.6) is 5.75 Å². The average Bonchev–Trinajstić information content (AvgIpc) is 3.62. The summed E-state index contributed by atoms with van der Waals surface area (Å²) in [5.41, 5.74) is 3.91. The van der Waals surface area contributed by atoms with Crippen molar-refractivity contribution in [3.8, 4) is 5.75 Å². The van der Waals surface area contributed by atoms with Gasteiger partial charge < -0.3 is 9.84 Å². The second kappa shape index (κ2) is 13.2. The van der Waals surface area contributed by atoms with Gasteiger partial charge in [0.15, 0.2) is 4.34 Å². The molecule has 0 saturated carbocycles. The first-order valence-electron chi connectivity index (χ1n) is 13.8. The Hall–Kier alpha value is -4.51. The van der Waals surface area contributed by atoms with Crippen molar-refractivity contribution in [3.05, 3.63) is 141 Å². The molecule has 2 heterocycles. The van der Waals surface area contributed by atoms with Gasteiger partial charge in [-0.05, 0) is 77.7 Å². The van der Waals surface area contributed by atoms with E-state index in [-0.39, 0.29) is 22.3 Å². The highest BCUT2D eigenvalue weighted by Crippen LogP contribution is 2.44. The summed E-state index contributed by atoms with van der Waals surface area (Å²) < 4.78 is 19.8. The van der Waals surface area contributed by atoms with Gasteiger partial charge in [-0.2, -0.15) is 0 Å². The van der Waals surface area contributed by atoms with Crippen molar-refractivity contribution in [1.29, 1.82) is 0 Å². The molecular weight excluding hydrogens is 633 g/mol. The molecule has 1 aliphatic rings. The van der Waals surface area contributed by atoms with Crippen molar-refractivity contribution >= 4 is 57.3 Å². The first-order chi connectivity index (χ1) is 21.8. The number of carbonyl (C=O) groups excluding carboxylic acids is 2. The van der Waals surface area contributed by atoms with Gasteiger partial charge in [-0.1, -0.05) is 83.2 Å². The molecule has 11 heteroatoms. The van der Waals surface area contributed by atoms with Gasteiger partial charge >= 0.3 is 5.91 Å². The van der Waals surface area contributed by atoms with Crippen LogP contribution in [0.4, 0.5) is 9.52 Å². The van der Waals surface area contributed by atoms with E-state index in [2.05, 4.69) is 10.2 Å². The van der Waals surface area contributed by atoms with Crippen LogP contribution in [0.2, 0.25) is 5.02 Å². The topological polar surface area (TPSA) is 92.6 Å². The summed E-state index contributed by atoms with van der Waals surface area (Å²) in [7, 11) is 0. The molecule has 0 radical (unpaired) electrons. The molecule has 1 aliphatic heterocycles. The molecule has 5 aromatic rings. The number of benzene rings is 4. The molecule has 6 rings (SSSR count). The third kappa shape index (κ3) is 6.63. The Kier molecular flexibility index (Phi) is 8.97. The third-order valence-corrected chi connectivity index (χ3v) is 9.67. The average molecular weight is 658 g/mol. The van der Waals surface area contributed by atoms with Crippen LogP contribution in [0.1, 0.15) is 33.9 Å². The van der Waals surface area contributed by atoms with Crippen LogP contribution in [0, 0.1) is 12.7 Å². The van der Waals surface area contributed by atoms with Crippen molar-refractivity contribution in [3.63, 3.8) is 0 Å². The number of carbonyl (C=O) groups is 2. The van der Waals surface area contributed by atoms with E-state index in [4.69, 9.17) is 16.3 Å². The number of rotatable bonds is 9. The standard InChI is InChI=1S/C34H25ClFN3O4S2/c1-20-4-2-3-5-24(20)18-43-27-16-10-23(11-17-27)30(40)28-29(22-8-12-25(35)13-9-22)39(32(42)31(28)41)33-37-38-34(45-33)44-19-21-6-14-26(36)15-7-21/h2-17,29,40H,18-19H2,1H3. The van der Waals surface area contributed by atoms with E-state index in [0.717, 1.165) is 28.0 Å². The minimum Gasteiger partial charge on any atom is -0.507 e. The predicted molar refractivity (Wildman–Crippen MR) is 174 cm³/mol. The minimum atomic E-state index is -0.970. The van der Waals surface area contributed by atoms with E-state index in [1.807, 2.05) is 31.2 Å². The van der Waals surface area contributed by atoms with Crippen LogP contribution in [0.25, 0.3) is 5.76 Å². The summed E-state index contributed by atoms with van der Waals surface area (Å²) in [6.07, 6.45) is 0. The molecule has 0 aliphatic carbocycles. The first-order valence-corrected chi connectivity index (χ1v) is 16.0. The number of nitrogens with zero attached hydrogens (tertiary/aromatic N) is 3. The van der Waals surface area contributed by atoms with E-state index < -0.39 is 17.7 Å². The quantitative estimate of drug-likeness (QED) is 0.0562. The zero-order valence-corrected chi connectivity index (χ0v) is 26.2. The highest BCUT2D eigenvalue weighted by atomic mass is 35.5. The lowest BCUT2D eigenvalue weighted by atomic mass is 9.95. The van der Waals surface area contributed by atoms with E-state index in [9.17, 15) is 19.1 Å². The van der Waals surface area contributed by atoms with Crippen molar-refractivity contribution < 1.29 is 23.8 Å². The molecule has 1 aromatic heterocycles. The number of aryl methyl sites for hydroxylation is 1. The fraction of sp³-hybridized carbons (Fsp3) is 0.118. The number of ketones is 1. The highest BCUT2D eigenvalue weighted by Gasteiger charge is 2.48. The van der Waals surface area contributed by atoms with Crippen LogP contribution in [0.3, 0.4) is 0 Å². The summed E-state index contributed by atoms with van der Waals surface area (Å²) in [6, 6.07) is 26.5. The molecule has 1 amide bonds. The molecule has 7 nitrogen and oxygen atoms in total. The molecule has 1 atom stereocenters. The molecule has 0 spiro atoms. The minimum absolute atomic E-state index is 0.0772. The lowest BCUT2D eigenvalue weighted by Crippen LogP contribution is -2.29. The Morgan fingerprint density at radius 3 is 2.40 bits per heavy atom. The van der Waals surface area contributed by atoms with Gasteiger partial charge in [-0.15, -0.1) is 10.2 Å². The molecule has 45 heavy (non-hydrogen) atoms. The zero-order valence-electron chi connectivity index (χ0n) is 23.8. The lowest BCUT2D eigenvalue weighted by molar-refractivity contribution is -0.132. The molecule has 226 valence electrons. The third-order valence-electron chi connectivity index (χ3n) is 7.29. The van der Waals surface area contributed by atoms with Gasteiger partial charge in [0.25, 0.3) is 5.78 Å². The molecule has 1 fully saturated rings. The van der Waals surface area contributed by atoms with Gasteiger partial charge in [0.1, 0.15) is 23.9 Å². The lowest BCUT2D eigenvalue weighted by Gasteiger charge is -2.22. The smallest absolute Gasteiger partial charge is 0.301 e. The van der Waals surface area contributed by atoms with Crippen molar-refractivity contribution in [1.82, 2.24) is 10.2 Å². The Bertz CT molecular complexity index is 1890. The summed E-state index contributed by atoms with van der Waals surface area (Å²) >= 11 is 8.67. The SMILES string of the molecule is Cc1ccccc1COc1ccc(C(O)=C2C(=O)C(=O)N(c3nnc(SCc4ccc(F)cc4)s3)C2c2ccc(Cl)cc2)cc1. The monoisotopic (exact) mass is 657 g/mol. The molecule has 1 unspecified atom stereocenters. The van der Waals surface area contributed by atoms with Gasteiger partial charge in [-0.3, -0.25) is 14.5 Å². The number of halogens is 2. The molecule has 1 N–H and O–H groups in total. The van der Waals surface area contributed by atoms with Crippen LogP contribution in [-0.2, 0) is 21.9 Å². The summed E-state index contributed by atoms with van der Waals surface area (Å²) in [5.74, 6) is -1.22. The largest absolute Gasteiger partial charge is 0.507 e. The van der Waals surface area contributed by atoms with E-state index >= 15 is 0 Å². The normalized spacial score (nSPS) is 15.9. The van der Waals surface area contributed by atoms with Crippen LogP contribution in [0.15, 0.2) is 107 Å². The number of aromatic nitrogens is 2. The second-order valence-corrected chi connectivity index (χ2v) is 12.8. The Labute approximate surface area is 272 Å². The molecule has 0 bridgehead atoms. The number of hydrogen-bond acceptors (Lipinski definition) is 8. The fourth-order valence-electron chi connectivity index (χ4n) is 4.87. The maximum atomic E-state index is 13.5. The van der Waals surface area contributed by atoms with E-state index in [1.54, 1.807) is 60.7 Å². The van der Waals surface area contributed by atoms with E-state index in [0.29, 0.717) is 38.6 Å². The maximum Gasteiger partial charge on any atom is 0.301 e. The predicted octanol–water partition coefficient (Wildman–Crippen LogP) is 8.14. The second-order valence-electron chi connectivity index (χ2n) is 10.2. The van der Waals surface area contributed by atoms with Gasteiger partial charge in [-0.25, -0.2) is 4.39 Å². The number of amides is 1. The van der Waals surface area contributed by atoms with Crippen LogP contribution < -0.4 is 9.64 Å². The molecule has 1 saturated heterocycles. The Morgan fingerprint density at radius 1 is 0.978 bits per heavy atom. The van der Waals surface area contributed by atoms with Gasteiger partial charge in [0, 0.05) is 16.3 Å². The summed E-state index contributed by atoms with van der Waals surface area (Å²) in [6.45, 7) is 2.40. The Morgan fingerprint density at radius 2 is 1.69 bits per heavy atom. The summed E-state index contributed by atoms with van der Waals surface area (Å²) in [5, 5.41) is 20.6. The van der Waals surface area contributed by atoms with Crippen LogP contribution >= 0.6 is 34.7 Å². The number of aliphatic hydroxyl groups excluding tert-OH is 1. The molecular formula is C34H25ClFN3O4S2. The van der Waals surface area contributed by atoms with Crippen molar-refractivity contribution in [2.75, 3.05) is 4.90 Å². The van der Waals surface area contributed by atoms with Crippen molar-refractivity contribution in [2.45, 2.75) is 29.7 Å². The zero-order chi connectivity index (χ0) is 31.5. The summed E-state index contributed by atoms with van der Waals surface area (Å²) in [4.78, 5) is 28.3.